The van der Waals surface area contributed by atoms with Crippen LogP contribution in [0.5, 0.6) is 0 Å². The first-order valence-corrected chi connectivity index (χ1v) is 8.51. The Hall–Kier alpha value is -0.620. The highest BCUT2D eigenvalue weighted by atomic mass is 32.2. The summed E-state index contributed by atoms with van der Waals surface area (Å²) in [4.78, 5) is 12.3. The molecule has 2 aliphatic rings. The zero-order chi connectivity index (χ0) is 13.2. The Bertz CT molecular complexity index is 413. The molecule has 0 spiro atoms. The van der Waals surface area contributed by atoms with E-state index < -0.39 is 15.3 Å². The van der Waals surface area contributed by atoms with Crippen molar-refractivity contribution < 1.29 is 13.2 Å². The van der Waals surface area contributed by atoms with Gasteiger partial charge in [-0.3, -0.25) is 4.79 Å². The van der Waals surface area contributed by atoms with Gasteiger partial charge in [-0.05, 0) is 19.3 Å². The molecule has 1 aliphatic heterocycles. The summed E-state index contributed by atoms with van der Waals surface area (Å²) in [5.74, 6) is 0.235. The van der Waals surface area contributed by atoms with Gasteiger partial charge >= 0.3 is 0 Å². The summed E-state index contributed by atoms with van der Waals surface area (Å²) in [5, 5.41) is 2.90. The van der Waals surface area contributed by atoms with E-state index in [4.69, 9.17) is 5.73 Å². The first kappa shape index (κ1) is 13.8. The van der Waals surface area contributed by atoms with Crippen LogP contribution in [0.2, 0.25) is 0 Å². The summed E-state index contributed by atoms with van der Waals surface area (Å²) in [7, 11) is -2.94. The van der Waals surface area contributed by atoms with E-state index in [1.54, 1.807) is 0 Å². The van der Waals surface area contributed by atoms with E-state index in [1.807, 2.05) is 0 Å². The fraction of sp³-hybridized carbons (Fsp3) is 0.917. The maximum absolute atomic E-state index is 12.3. The van der Waals surface area contributed by atoms with Crippen molar-refractivity contribution in [3.63, 3.8) is 0 Å². The highest BCUT2D eigenvalue weighted by Crippen LogP contribution is 2.35. The number of carbonyl (C=O) groups excluding carboxylic acids is 1. The van der Waals surface area contributed by atoms with Crippen molar-refractivity contribution in [3.05, 3.63) is 0 Å². The van der Waals surface area contributed by atoms with Gasteiger partial charge in [0.2, 0.25) is 5.91 Å². The maximum Gasteiger partial charge on any atom is 0.227 e. The van der Waals surface area contributed by atoms with Crippen molar-refractivity contribution in [2.24, 2.45) is 11.1 Å². The third-order valence-electron chi connectivity index (χ3n) is 4.25. The number of rotatable bonds is 3. The molecule has 0 radical (unpaired) electrons. The van der Waals surface area contributed by atoms with Gasteiger partial charge in [-0.15, -0.1) is 0 Å². The molecule has 2 fully saturated rings. The zero-order valence-corrected chi connectivity index (χ0v) is 11.5. The average molecular weight is 274 g/mol. The second kappa shape index (κ2) is 5.17. The van der Waals surface area contributed by atoms with Gasteiger partial charge in [-0.2, -0.15) is 0 Å². The van der Waals surface area contributed by atoms with Crippen molar-refractivity contribution in [1.82, 2.24) is 5.32 Å². The molecule has 6 heteroatoms. The number of carbonyl (C=O) groups is 1. The molecule has 1 saturated heterocycles. The number of sulfone groups is 1. The van der Waals surface area contributed by atoms with Crippen LogP contribution >= 0.6 is 0 Å². The predicted molar refractivity (Wildman–Crippen MR) is 69.8 cm³/mol. The van der Waals surface area contributed by atoms with Crippen LogP contribution in [-0.2, 0) is 14.6 Å². The molecule has 1 unspecified atom stereocenters. The van der Waals surface area contributed by atoms with Crippen LogP contribution in [-0.4, -0.2) is 38.4 Å². The summed E-state index contributed by atoms with van der Waals surface area (Å²) in [6.07, 6.45) is 5.42. The van der Waals surface area contributed by atoms with E-state index in [9.17, 15) is 13.2 Å². The smallest absolute Gasteiger partial charge is 0.227 e. The van der Waals surface area contributed by atoms with Crippen LogP contribution in [0, 0.1) is 5.41 Å². The largest absolute Gasteiger partial charge is 0.352 e. The Morgan fingerprint density at radius 1 is 1.28 bits per heavy atom. The third kappa shape index (κ3) is 2.85. The number of nitrogens with two attached hydrogens (primary N) is 1. The highest BCUT2D eigenvalue weighted by molar-refractivity contribution is 7.91. The van der Waals surface area contributed by atoms with Crippen molar-refractivity contribution in [1.29, 1.82) is 0 Å². The van der Waals surface area contributed by atoms with Gasteiger partial charge in [0.1, 0.15) is 0 Å². The maximum atomic E-state index is 12.3. The second-order valence-corrected chi connectivity index (χ2v) is 7.85. The van der Waals surface area contributed by atoms with Crippen LogP contribution in [0.3, 0.4) is 0 Å². The minimum atomic E-state index is -2.94. The molecule has 1 saturated carbocycles. The molecule has 1 amide bonds. The summed E-state index contributed by atoms with van der Waals surface area (Å²) >= 11 is 0. The van der Waals surface area contributed by atoms with Gasteiger partial charge in [-0.1, -0.05) is 19.3 Å². The lowest BCUT2D eigenvalue weighted by atomic mass is 9.73. The Kier molecular flexibility index (Phi) is 3.96. The number of hydrogen-bond donors (Lipinski definition) is 2. The van der Waals surface area contributed by atoms with E-state index in [2.05, 4.69) is 5.32 Å². The SMILES string of the molecule is NCC1(C(=O)NC2CCS(=O)(=O)C2)CCCCC1. The molecule has 0 aromatic rings. The standard InChI is InChI=1S/C12H22N2O3S/c13-9-12(5-2-1-3-6-12)11(15)14-10-4-7-18(16,17)8-10/h10H,1-9,13H2,(H,14,15). The third-order valence-corrected chi connectivity index (χ3v) is 6.02. The molecule has 5 nitrogen and oxygen atoms in total. The molecule has 1 atom stereocenters. The zero-order valence-electron chi connectivity index (χ0n) is 10.7. The normalized spacial score (nSPS) is 29.9. The lowest BCUT2D eigenvalue weighted by Crippen LogP contribution is -2.50. The molecule has 0 aromatic heterocycles. The first-order chi connectivity index (χ1) is 8.47. The second-order valence-electron chi connectivity index (χ2n) is 5.62. The van der Waals surface area contributed by atoms with Gasteiger partial charge < -0.3 is 11.1 Å². The summed E-state index contributed by atoms with van der Waals surface area (Å²) < 4.78 is 22.7. The Balaban J connectivity index is 1.98. The fourth-order valence-electron chi connectivity index (χ4n) is 3.00. The molecule has 0 aromatic carbocycles. The molecule has 18 heavy (non-hydrogen) atoms. The molecule has 0 bridgehead atoms. The van der Waals surface area contributed by atoms with Crippen LogP contribution in [0.25, 0.3) is 0 Å². The summed E-state index contributed by atoms with van der Waals surface area (Å²) in [6, 6.07) is -0.215. The Morgan fingerprint density at radius 3 is 2.44 bits per heavy atom. The Labute approximate surface area is 108 Å². The van der Waals surface area contributed by atoms with Gasteiger partial charge in [-0.25, -0.2) is 8.42 Å². The molecule has 2 rings (SSSR count). The molecule has 1 aliphatic carbocycles. The molecule has 104 valence electrons. The van der Waals surface area contributed by atoms with Crippen LogP contribution < -0.4 is 11.1 Å². The van der Waals surface area contributed by atoms with Crippen molar-refractivity contribution in [2.75, 3.05) is 18.1 Å². The molecular weight excluding hydrogens is 252 g/mol. The molecular formula is C12H22N2O3S. The lowest BCUT2D eigenvalue weighted by Gasteiger charge is -2.35. The minimum absolute atomic E-state index is 0.0354. The van der Waals surface area contributed by atoms with Crippen molar-refractivity contribution in [2.45, 2.75) is 44.6 Å². The molecule has 3 N–H and O–H groups in total. The van der Waals surface area contributed by atoms with Crippen LogP contribution in [0.15, 0.2) is 0 Å². The van der Waals surface area contributed by atoms with E-state index in [0.29, 0.717) is 13.0 Å². The van der Waals surface area contributed by atoms with Gasteiger partial charge in [0.05, 0.1) is 16.9 Å². The van der Waals surface area contributed by atoms with E-state index in [1.165, 1.54) is 0 Å². The highest BCUT2D eigenvalue weighted by Gasteiger charge is 2.40. The van der Waals surface area contributed by atoms with Crippen LogP contribution in [0.1, 0.15) is 38.5 Å². The van der Waals surface area contributed by atoms with E-state index in [-0.39, 0.29) is 23.5 Å². The van der Waals surface area contributed by atoms with E-state index in [0.717, 1.165) is 32.1 Å². The number of nitrogens with one attached hydrogen (secondary N) is 1. The Morgan fingerprint density at radius 2 is 1.94 bits per heavy atom. The van der Waals surface area contributed by atoms with Gasteiger partial charge in [0.25, 0.3) is 0 Å². The quantitative estimate of drug-likeness (QED) is 0.769. The first-order valence-electron chi connectivity index (χ1n) is 6.69. The average Bonchev–Trinajstić information content (AvgIpc) is 2.69. The van der Waals surface area contributed by atoms with E-state index >= 15 is 0 Å². The monoisotopic (exact) mass is 274 g/mol. The van der Waals surface area contributed by atoms with Gasteiger partial charge in [0.15, 0.2) is 9.84 Å². The van der Waals surface area contributed by atoms with Crippen molar-refractivity contribution in [3.8, 4) is 0 Å². The lowest BCUT2D eigenvalue weighted by molar-refractivity contribution is -0.133. The van der Waals surface area contributed by atoms with Crippen molar-refractivity contribution >= 4 is 15.7 Å². The predicted octanol–water partition coefficient (Wildman–Crippen LogP) is 0.199. The van der Waals surface area contributed by atoms with Gasteiger partial charge in [0, 0.05) is 12.6 Å². The fourth-order valence-corrected chi connectivity index (χ4v) is 4.67. The molecule has 1 heterocycles. The minimum Gasteiger partial charge on any atom is -0.352 e. The topological polar surface area (TPSA) is 89.3 Å². The van der Waals surface area contributed by atoms with Crippen LogP contribution in [0.4, 0.5) is 0 Å². The number of hydrogen-bond acceptors (Lipinski definition) is 4. The summed E-state index contributed by atoms with van der Waals surface area (Å²) in [6.45, 7) is 0.359. The summed E-state index contributed by atoms with van der Waals surface area (Å²) in [5.41, 5.74) is 5.33. The number of amides is 1.